The Kier molecular flexibility index (Phi) is 7.44. The van der Waals surface area contributed by atoms with Crippen LogP contribution in [-0.2, 0) is 16.0 Å². The van der Waals surface area contributed by atoms with Crippen LogP contribution < -0.4 is 19.7 Å². The van der Waals surface area contributed by atoms with E-state index >= 15 is 0 Å². The van der Waals surface area contributed by atoms with Gasteiger partial charge >= 0.3 is 0 Å². The Labute approximate surface area is 166 Å². The zero-order valence-electron chi connectivity index (χ0n) is 17.2. The van der Waals surface area contributed by atoms with E-state index in [1.165, 1.54) is 18.9 Å². The van der Waals surface area contributed by atoms with Gasteiger partial charge in [-0.05, 0) is 36.6 Å². The van der Waals surface area contributed by atoms with E-state index in [-0.39, 0.29) is 24.8 Å². The summed E-state index contributed by atoms with van der Waals surface area (Å²) in [5.41, 5.74) is 3.57. The molecule has 0 saturated heterocycles. The summed E-state index contributed by atoms with van der Waals surface area (Å²) in [7, 11) is 3.10. The number of rotatable bonds is 8. The molecule has 28 heavy (non-hydrogen) atoms. The van der Waals surface area contributed by atoms with Crippen molar-refractivity contribution in [3.05, 3.63) is 47.5 Å². The first-order valence-corrected chi connectivity index (χ1v) is 9.29. The van der Waals surface area contributed by atoms with E-state index in [9.17, 15) is 9.59 Å². The van der Waals surface area contributed by atoms with Crippen LogP contribution in [-0.4, -0.2) is 32.6 Å². The number of hydrogen-bond donors (Lipinski definition) is 1. The highest BCUT2D eigenvalue weighted by molar-refractivity contribution is 5.96. The Morgan fingerprint density at radius 1 is 1.11 bits per heavy atom. The van der Waals surface area contributed by atoms with Crippen molar-refractivity contribution < 1.29 is 19.1 Å². The standard InChI is InChI=1S/C22H28N2O4/c1-6-17-9-7-8-15(2)22(17)23-21(26)12-13-24(16(3)25)19-11-10-18(27-4)14-20(19)28-5/h7-11,14H,6,12-13H2,1-5H3,(H,23,26). The topological polar surface area (TPSA) is 67.9 Å². The van der Waals surface area contributed by atoms with E-state index in [4.69, 9.17) is 9.47 Å². The van der Waals surface area contributed by atoms with Gasteiger partial charge in [-0.1, -0.05) is 25.1 Å². The number of carbonyl (C=O) groups is 2. The zero-order chi connectivity index (χ0) is 20.7. The van der Waals surface area contributed by atoms with Gasteiger partial charge in [0.1, 0.15) is 11.5 Å². The normalized spacial score (nSPS) is 10.3. The lowest BCUT2D eigenvalue weighted by Crippen LogP contribution is -2.32. The number of nitrogens with one attached hydrogen (secondary N) is 1. The molecule has 0 aliphatic carbocycles. The highest BCUT2D eigenvalue weighted by Gasteiger charge is 2.19. The summed E-state index contributed by atoms with van der Waals surface area (Å²) in [5, 5.41) is 2.99. The molecule has 0 radical (unpaired) electrons. The van der Waals surface area contributed by atoms with Crippen LogP contribution in [0.4, 0.5) is 11.4 Å². The van der Waals surface area contributed by atoms with Gasteiger partial charge < -0.3 is 19.7 Å². The molecular formula is C22H28N2O4. The monoisotopic (exact) mass is 384 g/mol. The van der Waals surface area contributed by atoms with Crippen molar-refractivity contribution in [2.75, 3.05) is 31.0 Å². The molecule has 0 saturated carbocycles. The summed E-state index contributed by atoms with van der Waals surface area (Å²) in [6.07, 6.45) is 1.01. The molecule has 6 heteroatoms. The quantitative estimate of drug-likeness (QED) is 0.748. The van der Waals surface area contributed by atoms with Crippen LogP contribution in [0.3, 0.4) is 0 Å². The molecule has 0 aromatic heterocycles. The maximum absolute atomic E-state index is 12.5. The van der Waals surface area contributed by atoms with Gasteiger partial charge in [-0.3, -0.25) is 9.59 Å². The van der Waals surface area contributed by atoms with Crippen molar-refractivity contribution in [1.82, 2.24) is 0 Å². The van der Waals surface area contributed by atoms with Crippen molar-refractivity contribution in [2.45, 2.75) is 33.6 Å². The smallest absolute Gasteiger partial charge is 0.226 e. The third kappa shape index (κ3) is 5.03. The van der Waals surface area contributed by atoms with Crippen LogP contribution in [0, 0.1) is 6.92 Å². The molecule has 0 bridgehead atoms. The minimum Gasteiger partial charge on any atom is -0.497 e. The van der Waals surface area contributed by atoms with Gasteiger partial charge in [0.25, 0.3) is 0 Å². The Morgan fingerprint density at radius 3 is 2.46 bits per heavy atom. The van der Waals surface area contributed by atoms with Crippen molar-refractivity contribution >= 4 is 23.2 Å². The largest absolute Gasteiger partial charge is 0.497 e. The average molecular weight is 384 g/mol. The Hall–Kier alpha value is -3.02. The predicted octanol–water partition coefficient (Wildman–Crippen LogP) is 3.96. The molecular weight excluding hydrogens is 356 g/mol. The van der Waals surface area contributed by atoms with Crippen LogP contribution in [0.1, 0.15) is 31.4 Å². The number of carbonyl (C=O) groups excluding carboxylic acids is 2. The molecule has 2 rings (SSSR count). The lowest BCUT2D eigenvalue weighted by atomic mass is 10.1. The highest BCUT2D eigenvalue weighted by atomic mass is 16.5. The summed E-state index contributed by atoms with van der Waals surface area (Å²) in [4.78, 5) is 26.3. The maximum Gasteiger partial charge on any atom is 0.226 e. The second-order valence-corrected chi connectivity index (χ2v) is 6.47. The first kappa shape index (κ1) is 21.3. The minimum absolute atomic E-state index is 0.136. The first-order chi connectivity index (χ1) is 13.4. The lowest BCUT2D eigenvalue weighted by molar-refractivity contribution is -0.117. The van der Waals surface area contributed by atoms with E-state index in [0.29, 0.717) is 17.2 Å². The summed E-state index contributed by atoms with van der Waals surface area (Å²) < 4.78 is 10.6. The van der Waals surface area contributed by atoms with Crippen molar-refractivity contribution in [2.24, 2.45) is 0 Å². The number of benzene rings is 2. The summed E-state index contributed by atoms with van der Waals surface area (Å²) in [6.45, 7) is 5.74. The molecule has 0 aliphatic heterocycles. The number of nitrogens with zero attached hydrogens (tertiary/aromatic N) is 1. The van der Waals surface area contributed by atoms with Crippen LogP contribution in [0.5, 0.6) is 11.5 Å². The zero-order valence-corrected chi connectivity index (χ0v) is 17.2. The molecule has 6 nitrogen and oxygen atoms in total. The fourth-order valence-corrected chi connectivity index (χ4v) is 3.07. The molecule has 0 aliphatic rings. The third-order valence-corrected chi connectivity index (χ3v) is 4.62. The highest BCUT2D eigenvalue weighted by Crippen LogP contribution is 2.32. The molecule has 0 heterocycles. The molecule has 2 amide bonds. The molecule has 2 aromatic carbocycles. The van der Waals surface area contributed by atoms with Crippen LogP contribution in [0.25, 0.3) is 0 Å². The molecule has 150 valence electrons. The van der Waals surface area contributed by atoms with Crippen LogP contribution in [0.15, 0.2) is 36.4 Å². The van der Waals surface area contributed by atoms with Gasteiger partial charge in [-0.15, -0.1) is 0 Å². The van der Waals surface area contributed by atoms with Crippen LogP contribution in [0.2, 0.25) is 0 Å². The van der Waals surface area contributed by atoms with Crippen LogP contribution >= 0.6 is 0 Å². The SMILES string of the molecule is CCc1cccc(C)c1NC(=O)CCN(C(C)=O)c1ccc(OC)cc1OC. The predicted molar refractivity (Wildman–Crippen MR) is 111 cm³/mol. The van der Waals surface area contributed by atoms with Crippen molar-refractivity contribution in [3.8, 4) is 11.5 Å². The molecule has 2 aromatic rings. The number of methoxy groups -OCH3 is 2. The van der Waals surface area contributed by atoms with Gasteiger partial charge in [0, 0.05) is 31.6 Å². The van der Waals surface area contributed by atoms with Gasteiger partial charge in [0.2, 0.25) is 11.8 Å². The minimum atomic E-state index is -0.165. The molecule has 1 N–H and O–H groups in total. The summed E-state index contributed by atoms with van der Waals surface area (Å²) in [5.74, 6) is 0.847. The maximum atomic E-state index is 12.5. The number of ether oxygens (including phenoxy) is 2. The molecule has 0 unspecified atom stereocenters. The number of amides is 2. The van der Waals surface area contributed by atoms with E-state index in [1.807, 2.05) is 25.1 Å². The summed E-state index contributed by atoms with van der Waals surface area (Å²) >= 11 is 0. The summed E-state index contributed by atoms with van der Waals surface area (Å²) in [6, 6.07) is 11.2. The average Bonchev–Trinajstić information content (AvgIpc) is 2.69. The fraction of sp³-hybridized carbons (Fsp3) is 0.364. The first-order valence-electron chi connectivity index (χ1n) is 9.29. The van der Waals surface area contributed by atoms with Gasteiger partial charge in [0.05, 0.1) is 19.9 Å². The van der Waals surface area contributed by atoms with E-state index in [0.717, 1.165) is 23.2 Å². The second kappa shape index (κ2) is 9.78. The van der Waals surface area contributed by atoms with Gasteiger partial charge in [-0.2, -0.15) is 0 Å². The van der Waals surface area contributed by atoms with Crippen molar-refractivity contribution in [3.63, 3.8) is 0 Å². The van der Waals surface area contributed by atoms with Gasteiger partial charge in [-0.25, -0.2) is 0 Å². The fourth-order valence-electron chi connectivity index (χ4n) is 3.07. The number of hydrogen-bond acceptors (Lipinski definition) is 4. The number of para-hydroxylation sites is 1. The van der Waals surface area contributed by atoms with Crippen molar-refractivity contribution in [1.29, 1.82) is 0 Å². The second-order valence-electron chi connectivity index (χ2n) is 6.47. The number of anilines is 2. The third-order valence-electron chi connectivity index (χ3n) is 4.62. The van der Waals surface area contributed by atoms with E-state index < -0.39 is 0 Å². The number of aryl methyl sites for hydroxylation is 2. The molecule has 0 fully saturated rings. The van der Waals surface area contributed by atoms with E-state index in [2.05, 4.69) is 12.2 Å². The Balaban J connectivity index is 2.14. The van der Waals surface area contributed by atoms with E-state index in [1.54, 1.807) is 25.3 Å². The Bertz CT molecular complexity index is 848. The lowest BCUT2D eigenvalue weighted by Gasteiger charge is -2.23. The van der Waals surface area contributed by atoms with Gasteiger partial charge in [0.15, 0.2) is 0 Å². The Morgan fingerprint density at radius 2 is 1.86 bits per heavy atom. The molecule has 0 spiro atoms. The molecule has 0 atom stereocenters.